The van der Waals surface area contributed by atoms with E-state index in [1.54, 1.807) is 26.0 Å². The van der Waals surface area contributed by atoms with Crippen LogP contribution in [0.2, 0.25) is 0 Å². The van der Waals surface area contributed by atoms with Crippen LogP contribution in [0.15, 0.2) is 18.2 Å². The van der Waals surface area contributed by atoms with Gasteiger partial charge in [0.2, 0.25) is 0 Å². The van der Waals surface area contributed by atoms with Crippen LogP contribution in [0, 0.1) is 5.82 Å². The van der Waals surface area contributed by atoms with E-state index < -0.39 is 5.54 Å². The SMILES string of the molecule is COC(=O)C(C)(C)NCCc1ccc(OC)c(F)c1. The molecular formula is C14H20FNO3. The number of benzene rings is 1. The number of ether oxygens (including phenoxy) is 2. The van der Waals surface area contributed by atoms with Crippen LogP contribution < -0.4 is 10.1 Å². The van der Waals surface area contributed by atoms with E-state index in [-0.39, 0.29) is 17.5 Å². The Labute approximate surface area is 112 Å². The first-order valence-electron chi connectivity index (χ1n) is 6.06. The van der Waals surface area contributed by atoms with Crippen molar-refractivity contribution < 1.29 is 18.7 Å². The summed E-state index contributed by atoms with van der Waals surface area (Å²) in [6, 6.07) is 4.83. The van der Waals surface area contributed by atoms with E-state index in [1.807, 2.05) is 0 Å². The summed E-state index contributed by atoms with van der Waals surface area (Å²) in [5.41, 5.74) is 0.0891. The van der Waals surface area contributed by atoms with Gasteiger partial charge in [-0.3, -0.25) is 4.79 Å². The number of rotatable bonds is 6. The fraction of sp³-hybridized carbons (Fsp3) is 0.500. The largest absolute Gasteiger partial charge is 0.494 e. The summed E-state index contributed by atoms with van der Waals surface area (Å²) in [6.45, 7) is 4.04. The summed E-state index contributed by atoms with van der Waals surface area (Å²) >= 11 is 0. The average Bonchev–Trinajstić information content (AvgIpc) is 2.37. The van der Waals surface area contributed by atoms with Crippen LogP contribution in [-0.2, 0) is 16.0 Å². The number of hydrogen-bond acceptors (Lipinski definition) is 4. The highest BCUT2D eigenvalue weighted by Crippen LogP contribution is 2.17. The van der Waals surface area contributed by atoms with Gasteiger partial charge in [-0.05, 0) is 38.0 Å². The molecule has 0 aliphatic rings. The molecule has 0 aromatic heterocycles. The molecule has 1 aromatic rings. The lowest BCUT2D eigenvalue weighted by molar-refractivity contribution is -0.147. The molecule has 0 aliphatic carbocycles. The van der Waals surface area contributed by atoms with Crippen LogP contribution >= 0.6 is 0 Å². The summed E-state index contributed by atoms with van der Waals surface area (Å²) in [5.74, 6) is -0.479. The molecule has 5 heteroatoms. The van der Waals surface area contributed by atoms with Gasteiger partial charge >= 0.3 is 5.97 Å². The predicted molar refractivity (Wildman–Crippen MR) is 70.8 cm³/mol. The number of hydrogen-bond donors (Lipinski definition) is 1. The minimum atomic E-state index is -0.750. The Morgan fingerprint density at radius 3 is 2.58 bits per heavy atom. The Hall–Kier alpha value is -1.62. The Kier molecular flexibility index (Phi) is 5.30. The van der Waals surface area contributed by atoms with Crippen molar-refractivity contribution in [1.29, 1.82) is 0 Å². The van der Waals surface area contributed by atoms with Crippen molar-refractivity contribution in [2.75, 3.05) is 20.8 Å². The Bertz CT molecular complexity index is 446. The van der Waals surface area contributed by atoms with Gasteiger partial charge in [-0.25, -0.2) is 4.39 Å². The first kappa shape index (κ1) is 15.4. The molecule has 0 atom stereocenters. The van der Waals surface area contributed by atoms with Gasteiger partial charge in [0.05, 0.1) is 14.2 Å². The number of carbonyl (C=O) groups is 1. The lowest BCUT2D eigenvalue weighted by atomic mass is 10.1. The van der Waals surface area contributed by atoms with Gasteiger partial charge in [0.15, 0.2) is 11.6 Å². The monoisotopic (exact) mass is 269 g/mol. The van der Waals surface area contributed by atoms with Crippen molar-refractivity contribution in [3.8, 4) is 5.75 Å². The van der Waals surface area contributed by atoms with E-state index >= 15 is 0 Å². The maximum atomic E-state index is 13.5. The molecule has 0 saturated carbocycles. The molecule has 0 radical (unpaired) electrons. The highest BCUT2D eigenvalue weighted by atomic mass is 19.1. The summed E-state index contributed by atoms with van der Waals surface area (Å²) in [7, 11) is 2.78. The van der Waals surface area contributed by atoms with E-state index in [1.165, 1.54) is 20.3 Å². The van der Waals surface area contributed by atoms with Gasteiger partial charge in [0.25, 0.3) is 0 Å². The van der Waals surface area contributed by atoms with Gasteiger partial charge in [0, 0.05) is 6.54 Å². The van der Waals surface area contributed by atoms with Gasteiger partial charge in [-0.2, -0.15) is 0 Å². The molecule has 0 fully saturated rings. The van der Waals surface area contributed by atoms with Crippen LogP contribution in [0.1, 0.15) is 19.4 Å². The summed E-state index contributed by atoms with van der Waals surface area (Å²) in [6.07, 6.45) is 0.612. The van der Waals surface area contributed by atoms with Crippen molar-refractivity contribution >= 4 is 5.97 Å². The average molecular weight is 269 g/mol. The zero-order valence-corrected chi connectivity index (χ0v) is 11.7. The zero-order chi connectivity index (χ0) is 14.5. The van der Waals surface area contributed by atoms with Gasteiger partial charge in [-0.15, -0.1) is 0 Å². The number of esters is 1. The predicted octanol–water partition coefficient (Wildman–Crippen LogP) is 1.92. The minimum Gasteiger partial charge on any atom is -0.494 e. The second kappa shape index (κ2) is 6.52. The molecule has 0 heterocycles. The first-order valence-corrected chi connectivity index (χ1v) is 6.06. The molecule has 0 unspecified atom stereocenters. The van der Waals surface area contributed by atoms with Gasteiger partial charge in [0.1, 0.15) is 5.54 Å². The summed E-state index contributed by atoms with van der Waals surface area (Å²) < 4.78 is 23.0. The van der Waals surface area contributed by atoms with E-state index in [9.17, 15) is 9.18 Å². The Balaban J connectivity index is 2.54. The third-order valence-corrected chi connectivity index (χ3v) is 2.89. The van der Waals surface area contributed by atoms with Crippen molar-refractivity contribution in [3.05, 3.63) is 29.6 Å². The second-order valence-corrected chi connectivity index (χ2v) is 4.76. The van der Waals surface area contributed by atoms with Gasteiger partial charge < -0.3 is 14.8 Å². The molecule has 1 N–H and O–H groups in total. The molecular weight excluding hydrogens is 249 g/mol. The molecule has 0 saturated heterocycles. The summed E-state index contributed by atoms with van der Waals surface area (Å²) in [5, 5.41) is 3.08. The maximum absolute atomic E-state index is 13.5. The highest BCUT2D eigenvalue weighted by Gasteiger charge is 2.27. The fourth-order valence-electron chi connectivity index (χ4n) is 1.71. The third kappa shape index (κ3) is 4.21. The molecule has 4 nitrogen and oxygen atoms in total. The van der Waals surface area contributed by atoms with E-state index in [0.29, 0.717) is 13.0 Å². The number of carbonyl (C=O) groups excluding carboxylic acids is 1. The topological polar surface area (TPSA) is 47.6 Å². The first-order chi connectivity index (χ1) is 8.90. The van der Waals surface area contributed by atoms with E-state index in [0.717, 1.165) is 5.56 Å². The molecule has 0 aliphatic heterocycles. The number of nitrogens with one attached hydrogen (secondary N) is 1. The van der Waals surface area contributed by atoms with Crippen LogP contribution in [0.4, 0.5) is 4.39 Å². The van der Waals surface area contributed by atoms with E-state index in [4.69, 9.17) is 4.74 Å². The van der Waals surface area contributed by atoms with Crippen molar-refractivity contribution in [3.63, 3.8) is 0 Å². The minimum absolute atomic E-state index is 0.228. The van der Waals surface area contributed by atoms with Crippen LogP contribution in [0.25, 0.3) is 0 Å². The maximum Gasteiger partial charge on any atom is 0.325 e. The molecule has 106 valence electrons. The summed E-state index contributed by atoms with van der Waals surface area (Å²) in [4.78, 5) is 11.5. The quantitative estimate of drug-likeness (QED) is 0.802. The normalized spacial score (nSPS) is 11.2. The van der Waals surface area contributed by atoms with Gasteiger partial charge in [-0.1, -0.05) is 6.07 Å². The molecule has 0 bridgehead atoms. The lowest BCUT2D eigenvalue weighted by Crippen LogP contribution is -2.48. The standard InChI is InChI=1S/C14H20FNO3/c1-14(2,13(17)19-4)16-8-7-10-5-6-12(18-3)11(15)9-10/h5-6,9,16H,7-8H2,1-4H3. The Morgan fingerprint density at radius 2 is 2.05 bits per heavy atom. The number of halogens is 1. The molecule has 0 spiro atoms. The van der Waals surface area contributed by atoms with Crippen LogP contribution in [0.3, 0.4) is 0 Å². The second-order valence-electron chi connectivity index (χ2n) is 4.76. The zero-order valence-electron chi connectivity index (χ0n) is 11.7. The smallest absolute Gasteiger partial charge is 0.325 e. The highest BCUT2D eigenvalue weighted by molar-refractivity contribution is 5.79. The van der Waals surface area contributed by atoms with Crippen LogP contribution in [-0.4, -0.2) is 32.3 Å². The lowest BCUT2D eigenvalue weighted by Gasteiger charge is -2.23. The molecule has 19 heavy (non-hydrogen) atoms. The molecule has 0 amide bonds. The van der Waals surface area contributed by atoms with Crippen molar-refractivity contribution in [2.24, 2.45) is 0 Å². The van der Waals surface area contributed by atoms with Crippen molar-refractivity contribution in [1.82, 2.24) is 5.32 Å². The number of methoxy groups -OCH3 is 2. The fourth-order valence-corrected chi connectivity index (χ4v) is 1.71. The van der Waals surface area contributed by atoms with Crippen LogP contribution in [0.5, 0.6) is 5.75 Å². The molecule has 1 aromatic carbocycles. The Morgan fingerprint density at radius 1 is 1.37 bits per heavy atom. The van der Waals surface area contributed by atoms with E-state index in [2.05, 4.69) is 10.1 Å². The molecule has 1 rings (SSSR count). The third-order valence-electron chi connectivity index (χ3n) is 2.89. The van der Waals surface area contributed by atoms with Crippen molar-refractivity contribution in [2.45, 2.75) is 25.8 Å².